The van der Waals surface area contributed by atoms with Crippen LogP contribution in [0.4, 0.5) is 4.39 Å². The molecule has 0 unspecified atom stereocenters. The summed E-state index contributed by atoms with van der Waals surface area (Å²) in [6, 6.07) is -1.16. The van der Waals surface area contributed by atoms with Crippen LogP contribution in [0.15, 0.2) is 47.6 Å². The number of ether oxygens (including phenoxy) is 7. The molecule has 1 amide bonds. The summed E-state index contributed by atoms with van der Waals surface area (Å²) in [5.41, 5.74) is 1.50. The van der Waals surface area contributed by atoms with E-state index in [9.17, 15) is 24.0 Å². The van der Waals surface area contributed by atoms with E-state index in [1.807, 2.05) is 65.0 Å². The molecule has 4 aliphatic rings. The number of fused-ring (bicyclic) bond motifs is 3. The number of nitrogens with zero attached hydrogens (tertiary/aromatic N) is 1. The third-order valence-electron chi connectivity index (χ3n) is 14.9. The Morgan fingerprint density at radius 2 is 1.48 bits per heavy atom. The molecule has 4 rings (SSSR count). The van der Waals surface area contributed by atoms with Crippen LogP contribution < -0.4 is 0 Å². The Labute approximate surface area is 399 Å². The van der Waals surface area contributed by atoms with E-state index < -0.39 is 71.9 Å². The number of esters is 1. The van der Waals surface area contributed by atoms with E-state index in [2.05, 4.69) is 0 Å². The lowest BCUT2D eigenvalue weighted by molar-refractivity contribution is -0.231. The van der Waals surface area contributed by atoms with Crippen molar-refractivity contribution in [2.75, 3.05) is 42.1 Å². The molecule has 0 radical (unpaired) electrons. The fourth-order valence-corrected chi connectivity index (χ4v) is 10.6. The average Bonchev–Trinajstić information content (AvgIpc) is 3.31. The van der Waals surface area contributed by atoms with Crippen molar-refractivity contribution in [3.8, 4) is 0 Å². The van der Waals surface area contributed by atoms with Gasteiger partial charge in [-0.1, -0.05) is 71.1 Å². The van der Waals surface area contributed by atoms with Gasteiger partial charge in [-0.2, -0.15) is 0 Å². The van der Waals surface area contributed by atoms with Gasteiger partial charge in [0, 0.05) is 72.7 Å². The van der Waals surface area contributed by atoms with E-state index in [0.717, 1.165) is 29.7 Å². The van der Waals surface area contributed by atoms with Crippen LogP contribution in [0.3, 0.4) is 0 Å². The van der Waals surface area contributed by atoms with E-state index in [4.69, 9.17) is 33.2 Å². The van der Waals surface area contributed by atoms with Gasteiger partial charge >= 0.3 is 5.97 Å². The molecule has 15 atom stereocenters. The first-order chi connectivity index (χ1) is 31.8. The van der Waals surface area contributed by atoms with Crippen LogP contribution in [0, 0.1) is 35.5 Å². The van der Waals surface area contributed by atoms with E-state index in [0.29, 0.717) is 44.1 Å². The molecule has 3 heterocycles. The van der Waals surface area contributed by atoms with Crippen LogP contribution in [0.5, 0.6) is 0 Å². The van der Waals surface area contributed by atoms with Crippen LogP contribution in [0.1, 0.15) is 126 Å². The maximum Gasteiger partial charge on any atom is 0.329 e. The minimum Gasteiger partial charge on any atom is -0.460 e. The number of amides is 1. The summed E-state index contributed by atoms with van der Waals surface area (Å²) in [6.45, 7) is 13.0. The van der Waals surface area contributed by atoms with Gasteiger partial charge in [0.05, 0.1) is 24.4 Å². The van der Waals surface area contributed by atoms with Gasteiger partial charge in [0.2, 0.25) is 0 Å². The van der Waals surface area contributed by atoms with Crippen molar-refractivity contribution in [3.05, 3.63) is 47.6 Å². The van der Waals surface area contributed by atoms with Crippen molar-refractivity contribution < 1.29 is 61.5 Å². The van der Waals surface area contributed by atoms with E-state index in [1.54, 1.807) is 41.3 Å². The molecule has 14 heteroatoms. The Balaban J connectivity index is 1.72. The van der Waals surface area contributed by atoms with E-state index >= 15 is 4.39 Å². The summed E-state index contributed by atoms with van der Waals surface area (Å²) >= 11 is 0. The van der Waals surface area contributed by atoms with Crippen molar-refractivity contribution in [3.63, 3.8) is 0 Å². The van der Waals surface area contributed by atoms with Gasteiger partial charge in [0.25, 0.3) is 17.5 Å². The van der Waals surface area contributed by atoms with Gasteiger partial charge in [0.1, 0.15) is 30.1 Å². The van der Waals surface area contributed by atoms with Crippen molar-refractivity contribution >= 4 is 29.2 Å². The molecule has 1 saturated carbocycles. The molecule has 2 bridgehead atoms. The first-order valence-corrected chi connectivity index (χ1v) is 24.7. The van der Waals surface area contributed by atoms with Gasteiger partial charge in [-0.15, -0.1) is 0 Å². The molecule has 1 aliphatic carbocycles. The highest BCUT2D eigenvalue weighted by molar-refractivity contribution is 6.39. The van der Waals surface area contributed by atoms with Crippen molar-refractivity contribution in [1.82, 2.24) is 4.90 Å². The number of ketones is 3. The summed E-state index contributed by atoms with van der Waals surface area (Å²) in [7, 11) is 7.90. The number of Topliss-reactive ketones (excluding diaryl/α,β-unsaturated/α-hetero) is 3. The average molecular weight is 944 g/mol. The number of alkyl halides is 1. The molecule has 378 valence electrons. The fourth-order valence-electron chi connectivity index (χ4n) is 10.6. The number of rotatable bonds is 8. The minimum absolute atomic E-state index is 0.0323. The standard InChI is InChI=1S/C53H82FNO12/c1-32-18-14-13-15-19-33(2)44(62-9)30-40-23-21-38(7)53(54,67-40)50(58)51(59)55-25-17-16-20-41(55)52(60)66-45(35(4)28-39-22-24-43(61-8)46(29-39)63-10)31-42(56)34(3)27-37(6)48(64-11)49(65-12)47(57)36(5)26-32/h13-15,18-19,27,32,34-36,38-41,43-46,48-49H,16-17,20-26,28-31H2,1-12H3/b15-13?,18-14+,33-19?,37-27+/t32-,34-,35-,36-,38-,39+,40+,41+,43-,44+,45+,46-,48-,49+,53-/m1/s1. The maximum absolute atomic E-state index is 17.1. The van der Waals surface area contributed by atoms with Crippen LogP contribution >= 0.6 is 0 Å². The highest BCUT2D eigenvalue weighted by Crippen LogP contribution is 2.40. The van der Waals surface area contributed by atoms with Crippen molar-refractivity contribution in [1.29, 1.82) is 0 Å². The Morgan fingerprint density at radius 1 is 0.776 bits per heavy atom. The highest BCUT2D eigenvalue weighted by Gasteiger charge is 2.55. The third-order valence-corrected chi connectivity index (χ3v) is 14.9. The molecule has 13 nitrogen and oxygen atoms in total. The Kier molecular flexibility index (Phi) is 22.3. The second-order valence-corrected chi connectivity index (χ2v) is 20.0. The third kappa shape index (κ3) is 14.8. The Hall–Kier alpha value is -3.40. The number of hydrogen-bond acceptors (Lipinski definition) is 12. The van der Waals surface area contributed by atoms with Gasteiger partial charge in [-0.05, 0) is 107 Å². The number of carbonyl (C=O) groups excluding carboxylic acids is 5. The molecule has 0 N–H and O–H groups in total. The first kappa shape index (κ1) is 56.2. The van der Waals surface area contributed by atoms with Crippen LogP contribution in [-0.2, 0) is 57.1 Å². The van der Waals surface area contributed by atoms with Crippen LogP contribution in [0.2, 0.25) is 0 Å². The smallest absolute Gasteiger partial charge is 0.329 e. The number of methoxy groups -OCH3 is 5. The summed E-state index contributed by atoms with van der Waals surface area (Å²) in [5.74, 6) is -8.41. The largest absolute Gasteiger partial charge is 0.460 e. The zero-order valence-electron chi connectivity index (χ0n) is 42.5. The Bertz CT molecular complexity index is 1790. The predicted octanol–water partition coefficient (Wildman–Crippen LogP) is 8.47. The molecule has 0 aromatic heterocycles. The zero-order valence-corrected chi connectivity index (χ0v) is 42.5. The Morgan fingerprint density at radius 3 is 2.13 bits per heavy atom. The monoisotopic (exact) mass is 944 g/mol. The maximum atomic E-state index is 17.1. The minimum atomic E-state index is -2.91. The van der Waals surface area contributed by atoms with Gasteiger partial charge in [0.15, 0.2) is 5.78 Å². The molecule has 3 fully saturated rings. The van der Waals surface area contributed by atoms with Gasteiger partial charge in [-0.3, -0.25) is 19.2 Å². The number of halogens is 1. The number of hydrogen-bond donors (Lipinski definition) is 0. The molecule has 2 saturated heterocycles. The normalized spacial score (nSPS) is 38.3. The first-order valence-electron chi connectivity index (χ1n) is 24.7. The number of piperidine rings is 1. The lowest BCUT2D eigenvalue weighted by Crippen LogP contribution is -2.59. The van der Waals surface area contributed by atoms with Crippen LogP contribution in [-0.4, -0.2) is 131 Å². The number of carbonyl (C=O) groups is 5. The number of allylic oxidation sites excluding steroid dienone is 6. The molecule has 67 heavy (non-hydrogen) atoms. The molecular weight excluding hydrogens is 862 g/mol. The fraction of sp³-hybridized carbons (Fsp3) is 0.755. The second-order valence-electron chi connectivity index (χ2n) is 20.0. The topological polar surface area (TPSA) is 153 Å². The molecule has 3 aliphatic heterocycles. The van der Waals surface area contributed by atoms with Crippen LogP contribution in [0.25, 0.3) is 0 Å². The lowest BCUT2D eigenvalue weighted by atomic mass is 9.78. The molecule has 0 spiro atoms. The van der Waals surface area contributed by atoms with Crippen molar-refractivity contribution in [2.45, 2.75) is 180 Å². The summed E-state index contributed by atoms with van der Waals surface area (Å²) < 4.78 is 58.3. The predicted molar refractivity (Wildman–Crippen MR) is 254 cm³/mol. The van der Waals surface area contributed by atoms with Gasteiger partial charge in [-0.25, -0.2) is 9.18 Å². The highest BCUT2D eigenvalue weighted by atomic mass is 19.2. The van der Waals surface area contributed by atoms with Gasteiger partial charge < -0.3 is 38.1 Å². The van der Waals surface area contributed by atoms with E-state index in [-0.39, 0.29) is 73.3 Å². The summed E-state index contributed by atoms with van der Waals surface area (Å²) in [4.78, 5) is 72.2. The molecular formula is C53H82FNO12. The lowest BCUT2D eigenvalue weighted by Gasteiger charge is -2.41. The second kappa shape index (κ2) is 26.5. The zero-order chi connectivity index (χ0) is 49.6. The molecule has 0 aromatic rings. The summed E-state index contributed by atoms with van der Waals surface area (Å²) in [6.07, 6.45) is 13.3. The van der Waals surface area contributed by atoms with Crippen molar-refractivity contribution in [2.24, 2.45) is 35.5 Å². The SMILES string of the molecule is CO[C@H]1C[C@@H]2CC[C@@H](C)[C@@](F)(O2)C(=O)C(=O)N2CCCC[C@H]2C(=O)O[C@H]([C@H](C)C[C@@H]2CC[C@@H](OC)[C@H](OC)C2)CC(=O)[C@H](C)/C=C(\C)[C@@H](OC)[C@@H](OC)C(=O)[C@H](C)C[C@H](C)/C=C/C=CC=C1C. The van der Waals surface area contributed by atoms with E-state index in [1.165, 1.54) is 14.2 Å². The summed E-state index contributed by atoms with van der Waals surface area (Å²) in [5, 5.41) is 0. The number of cyclic esters (lactones) is 1. The quantitative estimate of drug-likeness (QED) is 0.130. The molecule has 0 aromatic carbocycles.